The maximum absolute atomic E-state index is 14.8. The highest BCUT2D eigenvalue weighted by Gasteiger charge is 2.60. The summed E-state index contributed by atoms with van der Waals surface area (Å²) < 4.78 is 82.3. The van der Waals surface area contributed by atoms with Gasteiger partial charge in [-0.3, -0.25) is 9.36 Å². The molecule has 14 heteroatoms. The van der Waals surface area contributed by atoms with E-state index in [0.717, 1.165) is 49.4 Å². The minimum atomic E-state index is -5.28. The molecule has 39 heavy (non-hydrogen) atoms. The summed E-state index contributed by atoms with van der Waals surface area (Å²) in [6.07, 6.45) is -4.17. The number of halogens is 6. The van der Waals surface area contributed by atoms with Gasteiger partial charge in [-0.05, 0) is 24.3 Å². The standard InChI is InChI=1S/C25H20ClF5N4O4/c1-38-12-24(37,25(29,30)31)22(15-6-8-16(26)20(27)21(15)39-2)34-17-4-3-5-18-14(17)7-9-19(36)35(18)13-10-32-23(28)33-11-13/h3-11,22,34,37H,12H2,1-2H3. The first kappa shape index (κ1) is 28.2. The SMILES string of the molecule is COCC(O)(C(Nc1cccc2c1ccc(=O)n2-c1cnc(F)nc1)c1ccc(Cl)c(F)c1OC)C(F)(F)F. The molecule has 8 nitrogen and oxygen atoms in total. The van der Waals surface area contributed by atoms with E-state index in [1.807, 2.05) is 0 Å². The molecule has 0 fully saturated rings. The summed E-state index contributed by atoms with van der Waals surface area (Å²) in [5.74, 6) is -1.76. The van der Waals surface area contributed by atoms with E-state index >= 15 is 0 Å². The number of fused-ring (bicyclic) bond motifs is 1. The lowest BCUT2D eigenvalue weighted by molar-refractivity contribution is -0.279. The Hall–Kier alpha value is -3.81. The third-order valence-corrected chi connectivity index (χ3v) is 6.32. The monoisotopic (exact) mass is 570 g/mol. The highest BCUT2D eigenvalue weighted by molar-refractivity contribution is 6.30. The number of rotatable bonds is 8. The number of aromatic nitrogens is 3. The molecule has 0 aliphatic heterocycles. The number of anilines is 1. The summed E-state index contributed by atoms with van der Waals surface area (Å²) in [5.41, 5.74) is -4.26. The number of hydrogen-bond acceptors (Lipinski definition) is 7. The van der Waals surface area contributed by atoms with Crippen molar-refractivity contribution in [2.45, 2.75) is 17.8 Å². The maximum atomic E-state index is 14.8. The summed E-state index contributed by atoms with van der Waals surface area (Å²) >= 11 is 5.82. The first-order valence-corrected chi connectivity index (χ1v) is 11.5. The molecule has 0 spiro atoms. The Morgan fingerprint density at radius 3 is 2.38 bits per heavy atom. The van der Waals surface area contributed by atoms with Crippen molar-refractivity contribution in [2.75, 3.05) is 26.1 Å². The zero-order valence-electron chi connectivity index (χ0n) is 20.3. The molecule has 2 N–H and O–H groups in total. The van der Waals surface area contributed by atoms with Crippen molar-refractivity contribution in [1.82, 2.24) is 14.5 Å². The van der Waals surface area contributed by atoms with Crippen molar-refractivity contribution in [1.29, 1.82) is 0 Å². The van der Waals surface area contributed by atoms with Crippen LogP contribution in [0.2, 0.25) is 5.02 Å². The third-order valence-electron chi connectivity index (χ3n) is 6.03. The number of aliphatic hydroxyl groups is 1. The molecule has 0 aliphatic rings. The highest BCUT2D eigenvalue weighted by atomic mass is 35.5. The van der Waals surface area contributed by atoms with Gasteiger partial charge in [0.05, 0.1) is 48.4 Å². The van der Waals surface area contributed by atoms with Gasteiger partial charge in [0.1, 0.15) is 0 Å². The van der Waals surface area contributed by atoms with E-state index in [0.29, 0.717) is 0 Å². The number of alkyl halides is 3. The van der Waals surface area contributed by atoms with Gasteiger partial charge in [-0.1, -0.05) is 23.7 Å². The van der Waals surface area contributed by atoms with Crippen molar-refractivity contribution in [3.8, 4) is 11.4 Å². The zero-order valence-corrected chi connectivity index (χ0v) is 21.0. The number of nitrogens with zero attached hydrogens (tertiary/aromatic N) is 3. The molecule has 4 aromatic rings. The average molecular weight is 571 g/mol. The second-order valence-electron chi connectivity index (χ2n) is 8.37. The molecule has 0 bridgehead atoms. The normalized spacial score (nSPS) is 14.2. The van der Waals surface area contributed by atoms with Gasteiger partial charge >= 0.3 is 12.3 Å². The van der Waals surface area contributed by atoms with Gasteiger partial charge in [0.2, 0.25) is 5.60 Å². The number of nitrogens with one attached hydrogen (secondary N) is 1. The highest BCUT2D eigenvalue weighted by Crippen LogP contribution is 2.46. The molecule has 0 saturated carbocycles. The minimum absolute atomic E-state index is 0.0190. The van der Waals surface area contributed by atoms with Crippen molar-refractivity contribution >= 4 is 28.2 Å². The van der Waals surface area contributed by atoms with E-state index in [9.17, 15) is 31.9 Å². The molecular formula is C25H20ClF5N4O4. The van der Waals surface area contributed by atoms with Crippen LogP contribution in [0, 0.1) is 11.9 Å². The summed E-state index contributed by atoms with van der Waals surface area (Å²) in [7, 11) is 2.01. The number of methoxy groups -OCH3 is 2. The second kappa shape index (κ2) is 10.8. The molecule has 4 rings (SSSR count). The van der Waals surface area contributed by atoms with E-state index in [1.54, 1.807) is 0 Å². The molecule has 2 heterocycles. The van der Waals surface area contributed by atoms with Gasteiger partial charge in [-0.15, -0.1) is 0 Å². The second-order valence-corrected chi connectivity index (χ2v) is 8.78. The average Bonchev–Trinajstić information content (AvgIpc) is 2.89. The Morgan fingerprint density at radius 1 is 1.08 bits per heavy atom. The fourth-order valence-electron chi connectivity index (χ4n) is 4.22. The van der Waals surface area contributed by atoms with Crippen LogP contribution >= 0.6 is 11.6 Å². The fourth-order valence-corrected chi connectivity index (χ4v) is 4.37. The topological polar surface area (TPSA) is 98.5 Å². The first-order chi connectivity index (χ1) is 18.4. The lowest BCUT2D eigenvalue weighted by Crippen LogP contribution is -2.56. The number of hydrogen-bond donors (Lipinski definition) is 2. The molecule has 2 aromatic carbocycles. The van der Waals surface area contributed by atoms with Crippen molar-refractivity contribution in [3.05, 3.63) is 87.7 Å². The largest absolute Gasteiger partial charge is 0.493 e. The van der Waals surface area contributed by atoms with Crippen molar-refractivity contribution < 1.29 is 36.5 Å². The van der Waals surface area contributed by atoms with Gasteiger partial charge in [0.25, 0.3) is 5.56 Å². The lowest BCUT2D eigenvalue weighted by Gasteiger charge is -2.39. The molecule has 2 atom stereocenters. The van der Waals surface area contributed by atoms with E-state index < -0.39 is 58.2 Å². The number of ether oxygens (including phenoxy) is 2. The fraction of sp³-hybridized carbons (Fsp3) is 0.240. The van der Waals surface area contributed by atoms with Gasteiger partial charge in [-0.2, -0.15) is 17.6 Å². The third kappa shape index (κ3) is 5.12. The molecular weight excluding hydrogens is 551 g/mol. The van der Waals surface area contributed by atoms with E-state index in [1.165, 1.54) is 24.3 Å². The van der Waals surface area contributed by atoms with Crippen LogP contribution in [0.3, 0.4) is 0 Å². The molecule has 2 aromatic heterocycles. The Bertz CT molecular complexity index is 1570. The van der Waals surface area contributed by atoms with Gasteiger partial charge in [-0.25, -0.2) is 14.4 Å². The van der Waals surface area contributed by atoms with Gasteiger partial charge < -0.3 is 19.9 Å². The quantitative estimate of drug-likeness (QED) is 0.232. The van der Waals surface area contributed by atoms with Crippen molar-refractivity contribution in [3.63, 3.8) is 0 Å². The van der Waals surface area contributed by atoms with Crippen LogP contribution in [0.25, 0.3) is 16.6 Å². The predicted molar refractivity (Wildman–Crippen MR) is 132 cm³/mol. The van der Waals surface area contributed by atoms with Crippen LogP contribution in [0.15, 0.2) is 59.7 Å². The van der Waals surface area contributed by atoms with Crippen molar-refractivity contribution in [2.24, 2.45) is 0 Å². The first-order valence-electron chi connectivity index (χ1n) is 11.1. The maximum Gasteiger partial charge on any atom is 0.421 e. The van der Waals surface area contributed by atoms with E-state index in [4.69, 9.17) is 21.1 Å². The zero-order chi connectivity index (χ0) is 28.5. The Balaban J connectivity index is 1.97. The Morgan fingerprint density at radius 2 is 1.77 bits per heavy atom. The van der Waals surface area contributed by atoms with Gasteiger partial charge in [0.15, 0.2) is 11.6 Å². The van der Waals surface area contributed by atoms with Crippen LogP contribution in [-0.4, -0.2) is 52.2 Å². The Labute approximate surface area is 222 Å². The number of benzene rings is 2. The van der Waals surface area contributed by atoms with Crippen LogP contribution in [0.1, 0.15) is 11.6 Å². The van der Waals surface area contributed by atoms with E-state index in [-0.39, 0.29) is 22.3 Å². The predicted octanol–water partition coefficient (Wildman–Crippen LogP) is 4.81. The van der Waals surface area contributed by atoms with Crippen LogP contribution in [-0.2, 0) is 4.74 Å². The summed E-state index contributed by atoms with van der Waals surface area (Å²) in [6.45, 7) is -1.23. The van der Waals surface area contributed by atoms with E-state index in [2.05, 4.69) is 15.3 Å². The van der Waals surface area contributed by atoms with Crippen LogP contribution in [0.4, 0.5) is 27.6 Å². The molecule has 0 radical (unpaired) electrons. The summed E-state index contributed by atoms with van der Waals surface area (Å²) in [4.78, 5) is 19.6. The molecule has 0 amide bonds. The number of pyridine rings is 1. The van der Waals surface area contributed by atoms with Crippen LogP contribution in [0.5, 0.6) is 5.75 Å². The molecule has 0 aliphatic carbocycles. The van der Waals surface area contributed by atoms with Gasteiger partial charge in [0, 0.05) is 29.8 Å². The molecule has 0 saturated heterocycles. The lowest BCUT2D eigenvalue weighted by atomic mass is 9.87. The summed E-state index contributed by atoms with van der Waals surface area (Å²) in [6, 6.07) is 6.83. The summed E-state index contributed by atoms with van der Waals surface area (Å²) in [5, 5.41) is 13.5. The Kier molecular flexibility index (Phi) is 7.77. The minimum Gasteiger partial charge on any atom is -0.493 e. The molecule has 2 unspecified atom stereocenters. The molecule has 206 valence electrons. The van der Waals surface area contributed by atoms with Crippen LogP contribution < -0.4 is 15.6 Å². The smallest absolute Gasteiger partial charge is 0.421 e.